The highest BCUT2D eigenvalue weighted by Crippen LogP contribution is 1.91. The summed E-state index contributed by atoms with van der Waals surface area (Å²) in [6, 6.07) is 3.11. The first-order valence-corrected chi connectivity index (χ1v) is 7.31. The van der Waals surface area contributed by atoms with Gasteiger partial charge >= 0.3 is 0 Å². The van der Waals surface area contributed by atoms with Crippen LogP contribution in [0.25, 0.3) is 0 Å². The lowest BCUT2D eigenvalue weighted by atomic mass is 10.9. The first kappa shape index (κ1) is 6.43. The molecular weight excluding hydrogens is 104 g/mol. The van der Waals surface area contributed by atoms with Crippen molar-refractivity contribution in [1.29, 1.82) is 0 Å². The Morgan fingerprint density at radius 1 is 1.50 bits per heavy atom. The monoisotopic (exact) mass is 118 g/mol. The van der Waals surface area contributed by atoms with Gasteiger partial charge in [0.25, 0.3) is 0 Å². The molecule has 38 valence electrons. The molecule has 0 rings (SSSR count). The van der Waals surface area contributed by atoms with Crippen LogP contribution in [-0.2, 0) is 0 Å². The van der Waals surface area contributed by atoms with Gasteiger partial charge in [0.2, 0.25) is 0 Å². The van der Waals surface area contributed by atoms with E-state index in [9.17, 15) is 0 Å². The second-order valence-corrected chi connectivity index (χ2v) is 6.55. The molecule has 0 aliphatic rings. The topological polar surface area (TPSA) is 0 Å². The highest BCUT2D eigenvalue weighted by molar-refractivity contribution is 6.56. The predicted octanol–water partition coefficient (Wildman–Crippen LogP) is 0.257. The summed E-state index contributed by atoms with van der Waals surface area (Å²) in [4.78, 5) is 0. The van der Waals surface area contributed by atoms with Gasteiger partial charge in [0.15, 0.2) is 0 Å². The molecule has 0 aromatic heterocycles. The van der Waals surface area contributed by atoms with Gasteiger partial charge in [-0.25, -0.2) is 0 Å². The fourth-order valence-electron chi connectivity index (χ4n) is 0.577. The Morgan fingerprint density at radius 2 is 2.00 bits per heavy atom. The van der Waals surface area contributed by atoms with Crippen LogP contribution < -0.4 is 0 Å². The average Bonchev–Trinajstić information content (AvgIpc) is 1.35. The molecule has 0 spiro atoms. The minimum Gasteiger partial charge on any atom is -0.0722 e. The SMILES string of the molecule is C[SiH](C)CC[SiH3]. The Hall–Kier alpha value is 0.434. The standard InChI is InChI=1S/C4H14Si2/c1-6(2)4-3-5/h6H,3-4H2,1-2,5H3. The Morgan fingerprint density at radius 3 is 2.00 bits per heavy atom. The molecule has 0 aromatic carbocycles. The average molecular weight is 118 g/mol. The third-order valence-electron chi connectivity index (χ3n) is 0.866. The van der Waals surface area contributed by atoms with E-state index in [-0.39, 0.29) is 8.80 Å². The maximum atomic E-state index is 2.41. The van der Waals surface area contributed by atoms with E-state index >= 15 is 0 Å². The van der Waals surface area contributed by atoms with Gasteiger partial charge in [0, 0.05) is 19.0 Å². The quantitative estimate of drug-likeness (QED) is 0.456. The fourth-order valence-corrected chi connectivity index (χ4v) is 5.20. The zero-order valence-electron chi connectivity index (χ0n) is 4.99. The summed E-state index contributed by atoms with van der Waals surface area (Å²) in [5.74, 6) is 0. The Labute approximate surface area is 45.0 Å². The van der Waals surface area contributed by atoms with Crippen LogP contribution in [0, 0.1) is 0 Å². The van der Waals surface area contributed by atoms with Gasteiger partial charge in [-0.15, -0.1) is 0 Å². The van der Waals surface area contributed by atoms with Crippen molar-refractivity contribution in [2.24, 2.45) is 0 Å². The third-order valence-corrected chi connectivity index (χ3v) is 4.33. The van der Waals surface area contributed by atoms with E-state index in [1.807, 2.05) is 0 Å². The van der Waals surface area contributed by atoms with Crippen molar-refractivity contribution in [3.05, 3.63) is 0 Å². The Kier molecular flexibility index (Phi) is 3.88. The Balaban J connectivity index is 2.63. The highest BCUT2D eigenvalue weighted by atomic mass is 28.3. The molecule has 0 nitrogen and oxygen atoms in total. The van der Waals surface area contributed by atoms with E-state index in [2.05, 4.69) is 13.1 Å². The van der Waals surface area contributed by atoms with Crippen LogP contribution in [0.1, 0.15) is 0 Å². The summed E-state index contributed by atoms with van der Waals surface area (Å²) in [5, 5.41) is 0. The lowest BCUT2D eigenvalue weighted by molar-refractivity contribution is 1.40. The van der Waals surface area contributed by atoms with Crippen LogP contribution >= 0.6 is 0 Å². The number of hydrogen-bond acceptors (Lipinski definition) is 0. The molecule has 2 heteroatoms. The highest BCUT2D eigenvalue weighted by Gasteiger charge is 1.88. The van der Waals surface area contributed by atoms with E-state index in [1.54, 1.807) is 6.04 Å². The van der Waals surface area contributed by atoms with E-state index in [1.165, 1.54) is 16.3 Å². The van der Waals surface area contributed by atoms with Crippen molar-refractivity contribution in [3.8, 4) is 0 Å². The second kappa shape index (κ2) is 3.62. The largest absolute Gasteiger partial charge is 0.0722 e. The molecule has 0 amide bonds. The lowest BCUT2D eigenvalue weighted by Gasteiger charge is -1.93. The molecule has 0 bridgehead atoms. The molecule has 0 aromatic rings. The molecule has 0 aliphatic heterocycles. The smallest absolute Gasteiger partial charge is 0.0302 e. The van der Waals surface area contributed by atoms with Gasteiger partial charge in [0.05, 0.1) is 0 Å². The van der Waals surface area contributed by atoms with Gasteiger partial charge in [-0.1, -0.05) is 25.2 Å². The summed E-state index contributed by atoms with van der Waals surface area (Å²) < 4.78 is 0. The van der Waals surface area contributed by atoms with Gasteiger partial charge in [-0.05, 0) is 0 Å². The molecule has 0 fully saturated rings. The number of rotatable bonds is 2. The second-order valence-electron chi connectivity index (χ2n) is 2.18. The zero-order chi connectivity index (χ0) is 4.99. The van der Waals surface area contributed by atoms with Crippen molar-refractivity contribution in [2.45, 2.75) is 25.2 Å². The van der Waals surface area contributed by atoms with Gasteiger partial charge in [0.1, 0.15) is 0 Å². The molecular formula is C4H14Si2. The van der Waals surface area contributed by atoms with E-state index in [4.69, 9.17) is 0 Å². The minimum atomic E-state index is -0.136. The third kappa shape index (κ3) is 4.43. The minimum absolute atomic E-state index is 0.136. The zero-order valence-corrected chi connectivity index (χ0v) is 8.15. The summed E-state index contributed by atoms with van der Waals surface area (Å²) in [7, 11) is 1.29. The molecule has 0 N–H and O–H groups in total. The molecule has 0 radical (unpaired) electrons. The molecule has 0 saturated heterocycles. The predicted molar refractivity (Wildman–Crippen MR) is 38.4 cm³/mol. The lowest BCUT2D eigenvalue weighted by Crippen LogP contribution is -1.96. The van der Waals surface area contributed by atoms with Crippen LogP contribution in [0.3, 0.4) is 0 Å². The Bertz CT molecular complexity index is 26.7. The molecule has 0 aliphatic carbocycles. The van der Waals surface area contributed by atoms with Crippen molar-refractivity contribution >= 4 is 19.0 Å². The summed E-state index contributed by atoms with van der Waals surface area (Å²) in [5.41, 5.74) is 0. The molecule has 0 atom stereocenters. The van der Waals surface area contributed by atoms with Crippen molar-refractivity contribution in [2.75, 3.05) is 0 Å². The van der Waals surface area contributed by atoms with Crippen LogP contribution in [0.2, 0.25) is 25.2 Å². The summed E-state index contributed by atoms with van der Waals surface area (Å²) >= 11 is 0. The maximum absolute atomic E-state index is 2.41. The molecule has 0 unspecified atom stereocenters. The van der Waals surface area contributed by atoms with Crippen molar-refractivity contribution < 1.29 is 0 Å². The summed E-state index contributed by atoms with van der Waals surface area (Å²) in [6.07, 6.45) is 0. The molecule has 0 heterocycles. The summed E-state index contributed by atoms with van der Waals surface area (Å²) in [6.45, 7) is 4.83. The maximum Gasteiger partial charge on any atom is 0.0302 e. The van der Waals surface area contributed by atoms with Crippen molar-refractivity contribution in [1.82, 2.24) is 0 Å². The van der Waals surface area contributed by atoms with Gasteiger partial charge in [-0.3, -0.25) is 0 Å². The van der Waals surface area contributed by atoms with Crippen LogP contribution in [0.5, 0.6) is 0 Å². The number of hydrogen-bond donors (Lipinski definition) is 0. The molecule has 6 heavy (non-hydrogen) atoms. The van der Waals surface area contributed by atoms with Gasteiger partial charge < -0.3 is 0 Å². The van der Waals surface area contributed by atoms with Crippen LogP contribution in [0.15, 0.2) is 0 Å². The van der Waals surface area contributed by atoms with Crippen LogP contribution in [-0.4, -0.2) is 19.0 Å². The first-order chi connectivity index (χ1) is 2.77. The van der Waals surface area contributed by atoms with E-state index < -0.39 is 0 Å². The fraction of sp³-hybridized carbons (Fsp3) is 1.00. The van der Waals surface area contributed by atoms with E-state index in [0.717, 1.165) is 0 Å². The van der Waals surface area contributed by atoms with Gasteiger partial charge in [-0.2, -0.15) is 0 Å². The van der Waals surface area contributed by atoms with Crippen molar-refractivity contribution in [3.63, 3.8) is 0 Å². The normalized spacial score (nSPS) is 10.5. The first-order valence-electron chi connectivity index (χ1n) is 2.77. The molecule has 0 saturated carbocycles. The van der Waals surface area contributed by atoms with Crippen LogP contribution in [0.4, 0.5) is 0 Å². The van der Waals surface area contributed by atoms with E-state index in [0.29, 0.717) is 0 Å².